The summed E-state index contributed by atoms with van der Waals surface area (Å²) in [6, 6.07) is 8.36. The SMILES string of the molecule is O[C@H](CNc1ccc2nnc(C(F)(F)F)n2n1)c1ccccc1F. The molecule has 0 unspecified atom stereocenters. The van der Waals surface area contributed by atoms with Crippen molar-refractivity contribution >= 4 is 11.5 Å². The first-order valence-corrected chi connectivity index (χ1v) is 6.82. The number of nitrogens with one attached hydrogen (secondary N) is 1. The van der Waals surface area contributed by atoms with Crippen molar-refractivity contribution in [1.29, 1.82) is 0 Å². The molecule has 0 spiro atoms. The minimum Gasteiger partial charge on any atom is -0.386 e. The summed E-state index contributed by atoms with van der Waals surface area (Å²) < 4.78 is 52.5. The fourth-order valence-electron chi connectivity index (χ4n) is 2.12. The number of alkyl halides is 3. The van der Waals surface area contributed by atoms with E-state index in [1.54, 1.807) is 6.07 Å². The van der Waals surface area contributed by atoms with Crippen LogP contribution in [0.2, 0.25) is 0 Å². The van der Waals surface area contributed by atoms with Gasteiger partial charge in [0, 0.05) is 12.1 Å². The zero-order chi connectivity index (χ0) is 17.3. The molecule has 1 aromatic carbocycles. The fourth-order valence-corrected chi connectivity index (χ4v) is 2.12. The van der Waals surface area contributed by atoms with E-state index in [-0.39, 0.29) is 23.6 Å². The third kappa shape index (κ3) is 3.13. The molecule has 0 amide bonds. The van der Waals surface area contributed by atoms with Gasteiger partial charge in [-0.25, -0.2) is 4.39 Å². The van der Waals surface area contributed by atoms with E-state index in [1.807, 2.05) is 0 Å². The van der Waals surface area contributed by atoms with E-state index < -0.39 is 23.9 Å². The smallest absolute Gasteiger partial charge is 0.386 e. The molecular weight excluding hydrogens is 330 g/mol. The summed E-state index contributed by atoms with van der Waals surface area (Å²) in [4.78, 5) is 0. The molecule has 3 rings (SSSR count). The Morgan fingerprint density at radius 3 is 2.58 bits per heavy atom. The first-order chi connectivity index (χ1) is 11.4. The van der Waals surface area contributed by atoms with Gasteiger partial charge in [-0.15, -0.1) is 15.3 Å². The fraction of sp³-hybridized carbons (Fsp3) is 0.214. The second-order valence-electron chi connectivity index (χ2n) is 4.93. The second-order valence-corrected chi connectivity index (χ2v) is 4.93. The Bertz CT molecular complexity index is 864. The zero-order valence-corrected chi connectivity index (χ0v) is 12.0. The van der Waals surface area contributed by atoms with Gasteiger partial charge in [0.2, 0.25) is 0 Å². The van der Waals surface area contributed by atoms with Crippen molar-refractivity contribution < 1.29 is 22.7 Å². The van der Waals surface area contributed by atoms with Crippen molar-refractivity contribution in [3.8, 4) is 0 Å². The summed E-state index contributed by atoms with van der Waals surface area (Å²) in [5, 5.41) is 22.8. The standard InChI is InChI=1S/C14H11F4N5O/c15-9-4-2-1-3-8(9)10(24)7-19-11-5-6-12-20-21-13(14(16,17)18)23(12)22-11/h1-6,10,24H,7H2,(H,19,22)/t10-/m1/s1. The lowest BCUT2D eigenvalue weighted by Crippen LogP contribution is -2.16. The quantitative estimate of drug-likeness (QED) is 0.713. The number of hydrogen-bond acceptors (Lipinski definition) is 5. The highest BCUT2D eigenvalue weighted by molar-refractivity contribution is 5.44. The van der Waals surface area contributed by atoms with Crippen molar-refractivity contribution in [3.05, 3.63) is 53.6 Å². The number of rotatable bonds is 4. The van der Waals surface area contributed by atoms with Crippen molar-refractivity contribution in [1.82, 2.24) is 19.8 Å². The minimum absolute atomic E-state index is 0.0585. The molecule has 0 radical (unpaired) electrons. The minimum atomic E-state index is -4.70. The predicted octanol–water partition coefficient (Wildman–Crippen LogP) is 2.43. The Hall–Kier alpha value is -2.75. The number of anilines is 1. The Morgan fingerprint density at radius 2 is 1.88 bits per heavy atom. The topological polar surface area (TPSA) is 75.3 Å². The van der Waals surface area contributed by atoms with Crippen molar-refractivity contribution in [2.75, 3.05) is 11.9 Å². The van der Waals surface area contributed by atoms with Gasteiger partial charge >= 0.3 is 6.18 Å². The molecule has 1 atom stereocenters. The molecule has 0 bridgehead atoms. The van der Waals surface area contributed by atoms with E-state index in [0.29, 0.717) is 4.52 Å². The Morgan fingerprint density at radius 1 is 1.12 bits per heavy atom. The summed E-state index contributed by atoms with van der Waals surface area (Å²) in [6.45, 7) is -0.136. The van der Waals surface area contributed by atoms with Crippen LogP contribution < -0.4 is 5.32 Å². The molecular formula is C14H11F4N5O. The summed E-state index contributed by atoms with van der Waals surface area (Å²) in [5.74, 6) is -1.77. The number of halogens is 4. The lowest BCUT2D eigenvalue weighted by Gasteiger charge is -2.13. The third-order valence-electron chi connectivity index (χ3n) is 3.26. The lowest BCUT2D eigenvalue weighted by molar-refractivity contribution is -0.146. The van der Waals surface area contributed by atoms with Crippen molar-refractivity contribution in [2.24, 2.45) is 0 Å². The summed E-state index contributed by atoms with van der Waals surface area (Å²) in [5.41, 5.74) is 0.00823. The molecule has 24 heavy (non-hydrogen) atoms. The van der Waals surface area contributed by atoms with Crippen LogP contribution in [0.3, 0.4) is 0 Å². The third-order valence-corrected chi connectivity index (χ3v) is 3.26. The van der Waals surface area contributed by atoms with Gasteiger partial charge in [0.25, 0.3) is 5.82 Å². The molecule has 0 aliphatic heterocycles. The van der Waals surface area contributed by atoms with Gasteiger partial charge in [-0.05, 0) is 18.2 Å². The van der Waals surface area contributed by atoms with E-state index in [4.69, 9.17) is 0 Å². The molecule has 0 aliphatic carbocycles. The molecule has 0 saturated carbocycles. The largest absolute Gasteiger partial charge is 0.453 e. The normalized spacial score (nSPS) is 13.2. The van der Waals surface area contributed by atoms with Crippen LogP contribution in [0.15, 0.2) is 36.4 Å². The molecule has 0 fully saturated rings. The van der Waals surface area contributed by atoms with E-state index in [2.05, 4.69) is 20.6 Å². The molecule has 2 N–H and O–H groups in total. The Labute approximate surface area is 132 Å². The highest BCUT2D eigenvalue weighted by atomic mass is 19.4. The van der Waals surface area contributed by atoms with E-state index in [0.717, 1.165) is 0 Å². The lowest BCUT2D eigenvalue weighted by atomic mass is 10.1. The van der Waals surface area contributed by atoms with Gasteiger partial charge in [0.15, 0.2) is 5.65 Å². The second kappa shape index (κ2) is 6.04. The van der Waals surface area contributed by atoms with Crippen LogP contribution in [0.1, 0.15) is 17.5 Å². The molecule has 0 saturated heterocycles. The number of aromatic nitrogens is 4. The van der Waals surface area contributed by atoms with Gasteiger partial charge in [0.05, 0.1) is 6.10 Å². The first kappa shape index (κ1) is 16.1. The molecule has 2 heterocycles. The van der Waals surface area contributed by atoms with Crippen LogP contribution in [-0.2, 0) is 6.18 Å². The highest BCUT2D eigenvalue weighted by Gasteiger charge is 2.37. The molecule has 6 nitrogen and oxygen atoms in total. The maximum atomic E-state index is 13.6. The van der Waals surface area contributed by atoms with Gasteiger partial charge < -0.3 is 10.4 Å². The van der Waals surface area contributed by atoms with Crippen LogP contribution in [-0.4, -0.2) is 31.5 Å². The molecule has 10 heteroatoms. The molecule has 2 aromatic heterocycles. The summed E-state index contributed by atoms with van der Waals surface area (Å²) >= 11 is 0. The number of hydrogen-bond donors (Lipinski definition) is 2. The van der Waals surface area contributed by atoms with Crippen LogP contribution in [0, 0.1) is 5.82 Å². The number of benzene rings is 1. The van der Waals surface area contributed by atoms with Gasteiger partial charge in [-0.3, -0.25) is 0 Å². The number of fused-ring (bicyclic) bond motifs is 1. The Balaban J connectivity index is 1.79. The average Bonchev–Trinajstić information content (AvgIpc) is 2.96. The predicted molar refractivity (Wildman–Crippen MR) is 75.6 cm³/mol. The van der Waals surface area contributed by atoms with Gasteiger partial charge in [0.1, 0.15) is 11.6 Å². The maximum absolute atomic E-state index is 13.6. The van der Waals surface area contributed by atoms with E-state index >= 15 is 0 Å². The Kier molecular flexibility index (Phi) is 4.06. The van der Waals surface area contributed by atoms with E-state index in [1.165, 1.54) is 30.3 Å². The summed E-state index contributed by atoms with van der Waals surface area (Å²) in [6.07, 6.45) is -5.88. The number of nitrogens with zero attached hydrogens (tertiary/aromatic N) is 4. The van der Waals surface area contributed by atoms with Crippen molar-refractivity contribution in [2.45, 2.75) is 12.3 Å². The van der Waals surface area contributed by atoms with Crippen LogP contribution in [0.25, 0.3) is 5.65 Å². The van der Waals surface area contributed by atoms with Gasteiger partial charge in [-0.2, -0.15) is 17.7 Å². The molecule has 3 aromatic rings. The molecule has 126 valence electrons. The number of aliphatic hydroxyl groups is 1. The van der Waals surface area contributed by atoms with Crippen molar-refractivity contribution in [3.63, 3.8) is 0 Å². The first-order valence-electron chi connectivity index (χ1n) is 6.82. The van der Waals surface area contributed by atoms with Crippen LogP contribution in [0.5, 0.6) is 0 Å². The monoisotopic (exact) mass is 341 g/mol. The number of aliphatic hydroxyl groups excluding tert-OH is 1. The maximum Gasteiger partial charge on any atom is 0.453 e. The van der Waals surface area contributed by atoms with Crippen LogP contribution >= 0.6 is 0 Å². The van der Waals surface area contributed by atoms with Gasteiger partial charge in [-0.1, -0.05) is 18.2 Å². The summed E-state index contributed by atoms with van der Waals surface area (Å²) in [7, 11) is 0. The van der Waals surface area contributed by atoms with E-state index in [9.17, 15) is 22.7 Å². The average molecular weight is 341 g/mol. The zero-order valence-electron chi connectivity index (χ0n) is 12.0. The van der Waals surface area contributed by atoms with Crippen LogP contribution in [0.4, 0.5) is 23.4 Å². The molecule has 0 aliphatic rings. The highest BCUT2D eigenvalue weighted by Crippen LogP contribution is 2.27.